The van der Waals surface area contributed by atoms with Crippen LogP contribution in [0.4, 0.5) is 11.6 Å². The van der Waals surface area contributed by atoms with E-state index in [4.69, 9.17) is 20.4 Å². The molecule has 0 bridgehead atoms. The summed E-state index contributed by atoms with van der Waals surface area (Å²) < 4.78 is 0. The summed E-state index contributed by atoms with van der Waals surface area (Å²) in [6, 6.07) is 17.5. The number of aromatic nitrogens is 4. The van der Waals surface area contributed by atoms with E-state index in [9.17, 15) is 28.8 Å². The molecule has 0 aromatic carbocycles. The second kappa shape index (κ2) is 27.3. The third-order valence-corrected chi connectivity index (χ3v) is 6.22. The third-order valence-electron chi connectivity index (χ3n) is 6.22. The quantitative estimate of drug-likeness (QED) is 0.0763. The van der Waals surface area contributed by atoms with Crippen LogP contribution in [0.3, 0.4) is 0 Å². The number of aliphatic carboxylic acids is 4. The van der Waals surface area contributed by atoms with Crippen molar-refractivity contribution < 1.29 is 49.2 Å². The molecule has 16 heteroatoms. The lowest BCUT2D eigenvalue weighted by Crippen LogP contribution is -2.12. The van der Waals surface area contributed by atoms with Crippen molar-refractivity contribution in [1.29, 1.82) is 0 Å². The maximum atomic E-state index is 11.6. The van der Waals surface area contributed by atoms with Crippen LogP contribution >= 0.6 is 0 Å². The van der Waals surface area contributed by atoms with Gasteiger partial charge in [0.2, 0.25) is 0 Å². The highest BCUT2D eigenvalue weighted by atomic mass is 16.4. The van der Waals surface area contributed by atoms with Crippen molar-refractivity contribution in [1.82, 2.24) is 19.9 Å². The van der Waals surface area contributed by atoms with Gasteiger partial charge in [0.05, 0.1) is 11.1 Å². The Labute approximate surface area is 300 Å². The van der Waals surface area contributed by atoms with E-state index < -0.39 is 23.9 Å². The third kappa shape index (κ3) is 23.7. The number of amides is 2. The molecule has 0 aliphatic rings. The molecule has 0 saturated heterocycles. The molecular weight excluding hydrogens is 676 g/mol. The second-order valence-electron chi connectivity index (χ2n) is 10.5. The number of hydrogen-bond acceptors (Lipinski definition) is 10. The Balaban J connectivity index is 0.000000352. The summed E-state index contributed by atoms with van der Waals surface area (Å²) in [6.07, 6.45) is 13.7. The van der Waals surface area contributed by atoms with E-state index in [2.05, 4.69) is 30.6 Å². The first kappa shape index (κ1) is 43.4. The average Bonchev–Trinajstić information content (AvgIpc) is 3.13. The smallest absolute Gasteiger partial charge is 0.303 e. The average molecular weight is 719 g/mol. The topological polar surface area (TPSA) is 259 Å². The van der Waals surface area contributed by atoms with Crippen molar-refractivity contribution in [2.75, 3.05) is 10.6 Å². The van der Waals surface area contributed by atoms with Gasteiger partial charge in [-0.1, -0.05) is 25.0 Å². The minimum atomic E-state index is -0.819. The van der Waals surface area contributed by atoms with Gasteiger partial charge in [-0.05, 0) is 74.2 Å². The molecule has 2 amide bonds. The minimum Gasteiger partial charge on any atom is -0.481 e. The largest absolute Gasteiger partial charge is 0.481 e. The second-order valence-corrected chi connectivity index (χ2v) is 10.5. The summed E-state index contributed by atoms with van der Waals surface area (Å²) in [5.41, 5.74) is 1.03. The Morgan fingerprint density at radius 1 is 0.442 bits per heavy atom. The fraction of sp³-hybridized carbons (Fsp3) is 0.278. The standard InChI is InChI=1S/2C11H9N3O.2C7H12O4/c2*15-11(9-4-3-6-12-8-9)14-10-5-1-2-7-13-10;2*8-6(9)4-2-1-3-5-7(10)11/h2*1-8H,(H,13,14,15);2*1-5H2,(H,8,9)(H,10,11). The molecule has 0 unspecified atom stereocenters. The number of rotatable bonds is 16. The number of nitrogens with one attached hydrogen (secondary N) is 2. The summed E-state index contributed by atoms with van der Waals surface area (Å²) >= 11 is 0. The number of carboxylic acids is 4. The van der Waals surface area contributed by atoms with E-state index in [0.29, 0.717) is 61.3 Å². The SMILES string of the molecule is O=C(Nc1ccccn1)c1cccnc1.O=C(Nc1ccccn1)c1cccnc1.O=C(O)CCCCCC(=O)O.O=C(O)CCCCCC(=O)O. The van der Waals surface area contributed by atoms with Gasteiger partial charge in [-0.2, -0.15) is 0 Å². The summed E-state index contributed by atoms with van der Waals surface area (Å²) in [7, 11) is 0. The van der Waals surface area contributed by atoms with Gasteiger partial charge < -0.3 is 31.1 Å². The number of hydrogen-bond donors (Lipinski definition) is 6. The van der Waals surface area contributed by atoms with Gasteiger partial charge in [0.15, 0.2) is 0 Å². The van der Waals surface area contributed by atoms with Crippen LogP contribution in [0.5, 0.6) is 0 Å². The number of anilines is 2. The van der Waals surface area contributed by atoms with Gasteiger partial charge in [0, 0.05) is 62.9 Å². The highest BCUT2D eigenvalue weighted by molar-refractivity contribution is 6.04. The zero-order valence-electron chi connectivity index (χ0n) is 28.3. The lowest BCUT2D eigenvalue weighted by Gasteiger charge is -2.02. The van der Waals surface area contributed by atoms with Crippen LogP contribution in [-0.2, 0) is 19.2 Å². The van der Waals surface area contributed by atoms with Crippen molar-refractivity contribution in [2.24, 2.45) is 0 Å². The summed E-state index contributed by atoms with van der Waals surface area (Å²) in [6.45, 7) is 0. The Morgan fingerprint density at radius 2 is 0.788 bits per heavy atom. The number of nitrogens with zero attached hydrogens (tertiary/aromatic N) is 4. The summed E-state index contributed by atoms with van der Waals surface area (Å²) in [5.74, 6) is -2.62. The maximum Gasteiger partial charge on any atom is 0.303 e. The molecule has 0 atom stereocenters. The van der Waals surface area contributed by atoms with Crippen LogP contribution in [0, 0.1) is 0 Å². The van der Waals surface area contributed by atoms with Gasteiger partial charge >= 0.3 is 23.9 Å². The predicted molar refractivity (Wildman–Crippen MR) is 190 cm³/mol. The lowest BCUT2D eigenvalue weighted by atomic mass is 10.1. The molecule has 52 heavy (non-hydrogen) atoms. The number of pyridine rings is 4. The normalized spacial score (nSPS) is 9.54. The van der Waals surface area contributed by atoms with E-state index in [1.54, 1.807) is 73.3 Å². The Morgan fingerprint density at radius 3 is 1.04 bits per heavy atom. The first-order valence-electron chi connectivity index (χ1n) is 16.1. The molecule has 0 saturated carbocycles. The van der Waals surface area contributed by atoms with E-state index in [-0.39, 0.29) is 37.5 Å². The van der Waals surface area contributed by atoms with Crippen LogP contribution in [-0.4, -0.2) is 76.1 Å². The molecule has 0 spiro atoms. The Bertz CT molecular complexity index is 1480. The van der Waals surface area contributed by atoms with Crippen molar-refractivity contribution in [3.63, 3.8) is 0 Å². The monoisotopic (exact) mass is 718 g/mol. The number of carbonyl (C=O) groups is 6. The molecule has 276 valence electrons. The van der Waals surface area contributed by atoms with Gasteiger partial charge in [-0.15, -0.1) is 0 Å². The zero-order valence-corrected chi connectivity index (χ0v) is 28.3. The molecule has 0 fully saturated rings. The molecule has 4 aromatic rings. The van der Waals surface area contributed by atoms with Gasteiger partial charge in [-0.25, -0.2) is 9.97 Å². The van der Waals surface area contributed by atoms with Gasteiger partial charge in [-0.3, -0.25) is 38.7 Å². The molecule has 0 radical (unpaired) electrons. The van der Waals surface area contributed by atoms with E-state index in [0.717, 1.165) is 0 Å². The highest BCUT2D eigenvalue weighted by Crippen LogP contribution is 2.06. The van der Waals surface area contributed by atoms with Gasteiger partial charge in [0.25, 0.3) is 11.8 Å². The number of carboxylic acid groups (broad SMARTS) is 4. The summed E-state index contributed by atoms with van der Waals surface area (Å²) in [5, 5.41) is 38.2. The van der Waals surface area contributed by atoms with E-state index in [1.165, 1.54) is 12.4 Å². The highest BCUT2D eigenvalue weighted by Gasteiger charge is 2.06. The maximum absolute atomic E-state index is 11.6. The number of carbonyl (C=O) groups excluding carboxylic acids is 2. The van der Waals surface area contributed by atoms with E-state index >= 15 is 0 Å². The predicted octanol–water partition coefficient (Wildman–Crippen LogP) is 5.67. The van der Waals surface area contributed by atoms with E-state index in [1.807, 2.05) is 12.1 Å². The number of unbranched alkanes of at least 4 members (excludes halogenated alkanes) is 4. The molecule has 6 N–H and O–H groups in total. The van der Waals surface area contributed by atoms with Crippen LogP contribution in [0.1, 0.15) is 84.9 Å². The Hall–Kier alpha value is -6.58. The fourth-order valence-electron chi connectivity index (χ4n) is 3.70. The molecule has 4 rings (SSSR count). The van der Waals surface area contributed by atoms with Crippen molar-refractivity contribution >= 4 is 47.3 Å². The van der Waals surface area contributed by atoms with Crippen LogP contribution in [0.2, 0.25) is 0 Å². The van der Waals surface area contributed by atoms with Crippen molar-refractivity contribution in [3.05, 3.63) is 109 Å². The van der Waals surface area contributed by atoms with Crippen LogP contribution in [0.25, 0.3) is 0 Å². The lowest BCUT2D eigenvalue weighted by molar-refractivity contribution is -0.138. The molecule has 4 aromatic heterocycles. The molecule has 16 nitrogen and oxygen atoms in total. The first-order valence-corrected chi connectivity index (χ1v) is 16.1. The van der Waals surface area contributed by atoms with Crippen molar-refractivity contribution in [3.8, 4) is 0 Å². The molecule has 0 aliphatic heterocycles. The van der Waals surface area contributed by atoms with Crippen LogP contribution in [0.15, 0.2) is 97.8 Å². The van der Waals surface area contributed by atoms with Crippen molar-refractivity contribution in [2.45, 2.75) is 64.2 Å². The zero-order chi connectivity index (χ0) is 38.4. The summed E-state index contributed by atoms with van der Waals surface area (Å²) in [4.78, 5) is 78.9. The first-order chi connectivity index (χ1) is 25.0. The fourth-order valence-corrected chi connectivity index (χ4v) is 3.70. The van der Waals surface area contributed by atoms with Crippen LogP contribution < -0.4 is 10.6 Å². The Kier molecular flexibility index (Phi) is 22.8. The molecule has 4 heterocycles. The molecule has 0 aliphatic carbocycles. The van der Waals surface area contributed by atoms with Gasteiger partial charge in [0.1, 0.15) is 11.6 Å². The minimum absolute atomic E-state index is 0.139. The molecular formula is C36H42N6O10.